The van der Waals surface area contributed by atoms with E-state index in [1.165, 1.54) is 25.7 Å². The number of aliphatic hydroxyl groups excluding tert-OH is 1. The van der Waals surface area contributed by atoms with Gasteiger partial charge in [-0.1, -0.05) is 32.6 Å². The fourth-order valence-corrected chi connectivity index (χ4v) is 2.06. The molecule has 1 atom stereocenters. The lowest BCUT2D eigenvalue weighted by atomic mass is 10.0. The van der Waals surface area contributed by atoms with Gasteiger partial charge in [-0.15, -0.1) is 0 Å². The summed E-state index contributed by atoms with van der Waals surface area (Å²) in [5.41, 5.74) is 0. The highest BCUT2D eigenvalue weighted by Gasteiger charge is 2.18. The van der Waals surface area contributed by atoms with Crippen molar-refractivity contribution in [1.29, 1.82) is 0 Å². The van der Waals surface area contributed by atoms with Gasteiger partial charge in [-0.3, -0.25) is 0 Å². The molecule has 0 aromatic carbocycles. The van der Waals surface area contributed by atoms with Crippen molar-refractivity contribution in [3.63, 3.8) is 0 Å². The molecule has 1 unspecified atom stereocenters. The molecule has 0 radical (unpaired) electrons. The average molecular weight is 186 g/mol. The predicted molar refractivity (Wildman–Crippen MR) is 53.7 cm³/mol. The largest absolute Gasteiger partial charge is 0.391 e. The van der Waals surface area contributed by atoms with Crippen molar-refractivity contribution >= 4 is 0 Å². The molecule has 2 nitrogen and oxygen atoms in total. The maximum atomic E-state index is 9.61. The van der Waals surface area contributed by atoms with E-state index in [4.69, 9.17) is 4.74 Å². The highest BCUT2D eigenvalue weighted by atomic mass is 16.5. The van der Waals surface area contributed by atoms with Crippen LogP contribution >= 0.6 is 0 Å². The van der Waals surface area contributed by atoms with Gasteiger partial charge in [-0.05, 0) is 18.8 Å². The third-order valence-electron chi connectivity index (χ3n) is 2.74. The zero-order valence-electron chi connectivity index (χ0n) is 8.67. The highest BCUT2D eigenvalue weighted by molar-refractivity contribution is 4.70. The van der Waals surface area contributed by atoms with Gasteiger partial charge < -0.3 is 9.84 Å². The third-order valence-corrected chi connectivity index (χ3v) is 2.74. The van der Waals surface area contributed by atoms with E-state index in [-0.39, 0.29) is 6.10 Å². The van der Waals surface area contributed by atoms with Crippen molar-refractivity contribution in [2.45, 2.75) is 51.6 Å². The molecule has 0 amide bonds. The van der Waals surface area contributed by atoms with Gasteiger partial charge in [0.05, 0.1) is 12.7 Å². The zero-order chi connectivity index (χ0) is 9.52. The molecule has 0 saturated heterocycles. The Labute approximate surface area is 81.3 Å². The Hall–Kier alpha value is -0.0800. The smallest absolute Gasteiger partial charge is 0.0776 e. The van der Waals surface area contributed by atoms with Crippen molar-refractivity contribution in [2.24, 2.45) is 5.92 Å². The Morgan fingerprint density at radius 2 is 2.08 bits per heavy atom. The van der Waals surface area contributed by atoms with E-state index in [9.17, 15) is 5.11 Å². The number of hydrogen-bond donors (Lipinski definition) is 1. The lowest BCUT2D eigenvalue weighted by Crippen LogP contribution is -2.18. The van der Waals surface area contributed by atoms with E-state index in [2.05, 4.69) is 6.92 Å². The molecule has 0 aromatic heterocycles. The van der Waals surface area contributed by atoms with Crippen LogP contribution in [0.5, 0.6) is 0 Å². The van der Waals surface area contributed by atoms with Crippen LogP contribution in [0, 0.1) is 5.92 Å². The summed E-state index contributed by atoms with van der Waals surface area (Å²) >= 11 is 0. The van der Waals surface area contributed by atoms with Gasteiger partial charge in [0.25, 0.3) is 0 Å². The van der Waals surface area contributed by atoms with Crippen molar-refractivity contribution in [3.8, 4) is 0 Å². The van der Waals surface area contributed by atoms with E-state index in [1.54, 1.807) is 0 Å². The Kier molecular flexibility index (Phi) is 5.40. The minimum atomic E-state index is -0.227. The number of ether oxygens (including phenoxy) is 1. The molecule has 0 bridgehead atoms. The normalized spacial score (nSPS) is 20.8. The average Bonchev–Trinajstić information content (AvgIpc) is 2.57. The first kappa shape index (κ1) is 11.0. The van der Waals surface area contributed by atoms with Crippen LogP contribution in [0.1, 0.15) is 45.4 Å². The summed E-state index contributed by atoms with van der Waals surface area (Å²) in [7, 11) is 0. The second-order valence-corrected chi connectivity index (χ2v) is 4.11. The molecule has 0 aromatic rings. The predicted octanol–water partition coefficient (Wildman–Crippen LogP) is 2.35. The lowest BCUT2D eigenvalue weighted by molar-refractivity contribution is 0.0247. The van der Waals surface area contributed by atoms with Crippen LogP contribution < -0.4 is 0 Å². The van der Waals surface area contributed by atoms with Crippen LogP contribution in [0.4, 0.5) is 0 Å². The maximum Gasteiger partial charge on any atom is 0.0776 e. The van der Waals surface area contributed by atoms with Gasteiger partial charge in [0, 0.05) is 6.61 Å². The summed E-state index contributed by atoms with van der Waals surface area (Å²) in [5, 5.41) is 9.61. The first-order valence-electron chi connectivity index (χ1n) is 5.58. The number of rotatable bonds is 6. The molecule has 1 aliphatic carbocycles. The number of hydrogen-bond acceptors (Lipinski definition) is 2. The molecule has 78 valence electrons. The zero-order valence-corrected chi connectivity index (χ0v) is 8.67. The van der Waals surface area contributed by atoms with Crippen LogP contribution in [0.25, 0.3) is 0 Å². The minimum absolute atomic E-state index is 0.227. The van der Waals surface area contributed by atoms with Gasteiger partial charge in [0.2, 0.25) is 0 Å². The van der Waals surface area contributed by atoms with Crippen molar-refractivity contribution < 1.29 is 9.84 Å². The molecule has 1 fully saturated rings. The summed E-state index contributed by atoms with van der Waals surface area (Å²) in [5.74, 6) is 0.764. The van der Waals surface area contributed by atoms with Gasteiger partial charge >= 0.3 is 0 Å². The Morgan fingerprint density at radius 1 is 1.38 bits per heavy atom. The highest BCUT2D eigenvalue weighted by Crippen LogP contribution is 2.28. The molecular formula is C11H22O2. The maximum absolute atomic E-state index is 9.61. The standard InChI is InChI=1S/C11H22O2/c1-2-7-13-9-11(12)8-10-5-3-4-6-10/h10-12H,2-9H2,1H3. The monoisotopic (exact) mass is 186 g/mol. The molecular weight excluding hydrogens is 164 g/mol. The fraction of sp³-hybridized carbons (Fsp3) is 1.00. The van der Waals surface area contributed by atoms with Crippen LogP contribution in [-0.2, 0) is 4.74 Å². The van der Waals surface area contributed by atoms with Gasteiger partial charge in [-0.2, -0.15) is 0 Å². The summed E-state index contributed by atoms with van der Waals surface area (Å²) in [4.78, 5) is 0. The minimum Gasteiger partial charge on any atom is -0.391 e. The fourth-order valence-electron chi connectivity index (χ4n) is 2.06. The summed E-state index contributed by atoms with van der Waals surface area (Å²) in [6.45, 7) is 3.40. The SMILES string of the molecule is CCCOCC(O)CC1CCCC1. The molecule has 13 heavy (non-hydrogen) atoms. The topological polar surface area (TPSA) is 29.5 Å². The van der Waals surface area contributed by atoms with Crippen molar-refractivity contribution in [1.82, 2.24) is 0 Å². The quantitative estimate of drug-likeness (QED) is 0.645. The van der Waals surface area contributed by atoms with Crippen LogP contribution in [-0.4, -0.2) is 24.4 Å². The van der Waals surface area contributed by atoms with E-state index in [1.807, 2.05) is 0 Å². The third kappa shape index (κ3) is 4.63. The van der Waals surface area contributed by atoms with Gasteiger partial charge in [0.15, 0.2) is 0 Å². The van der Waals surface area contributed by atoms with E-state index in [0.29, 0.717) is 6.61 Å². The lowest BCUT2D eigenvalue weighted by Gasteiger charge is -2.15. The van der Waals surface area contributed by atoms with Crippen molar-refractivity contribution in [3.05, 3.63) is 0 Å². The van der Waals surface area contributed by atoms with Crippen molar-refractivity contribution in [2.75, 3.05) is 13.2 Å². The molecule has 1 N–H and O–H groups in total. The molecule has 1 aliphatic rings. The molecule has 0 heterocycles. The second kappa shape index (κ2) is 6.39. The van der Waals surface area contributed by atoms with Gasteiger partial charge in [-0.25, -0.2) is 0 Å². The van der Waals surface area contributed by atoms with E-state index < -0.39 is 0 Å². The molecule has 1 rings (SSSR count). The van der Waals surface area contributed by atoms with Crippen LogP contribution in [0.15, 0.2) is 0 Å². The summed E-state index contributed by atoms with van der Waals surface area (Å²) < 4.78 is 5.30. The Balaban J connectivity index is 1.99. The van der Waals surface area contributed by atoms with Crippen LogP contribution in [0.2, 0.25) is 0 Å². The first-order chi connectivity index (χ1) is 6.33. The second-order valence-electron chi connectivity index (χ2n) is 4.11. The Morgan fingerprint density at radius 3 is 2.69 bits per heavy atom. The Bertz CT molecular complexity index is 119. The molecule has 1 saturated carbocycles. The molecule has 0 aliphatic heterocycles. The summed E-state index contributed by atoms with van der Waals surface area (Å²) in [6, 6.07) is 0. The van der Waals surface area contributed by atoms with Gasteiger partial charge in [0.1, 0.15) is 0 Å². The van der Waals surface area contributed by atoms with E-state index >= 15 is 0 Å². The van der Waals surface area contributed by atoms with E-state index in [0.717, 1.165) is 25.4 Å². The molecule has 2 heteroatoms. The first-order valence-corrected chi connectivity index (χ1v) is 5.58. The summed E-state index contributed by atoms with van der Waals surface area (Å²) in [6.07, 6.45) is 7.09. The number of aliphatic hydroxyl groups is 1. The van der Waals surface area contributed by atoms with Crippen LogP contribution in [0.3, 0.4) is 0 Å². The molecule has 0 spiro atoms.